The average Bonchev–Trinajstić information content (AvgIpc) is 3.29. The molecular formula is C24H16ClN3O2. The molecule has 30 heavy (non-hydrogen) atoms. The summed E-state index contributed by atoms with van der Waals surface area (Å²) in [6.45, 7) is 0. The number of aromatic amines is 1. The van der Waals surface area contributed by atoms with Gasteiger partial charge in [-0.2, -0.15) is 5.10 Å². The number of pyridine rings is 1. The molecule has 146 valence electrons. The normalized spacial score (nSPS) is 11.1. The predicted octanol–water partition coefficient (Wildman–Crippen LogP) is 5.41. The van der Waals surface area contributed by atoms with Gasteiger partial charge in [-0.1, -0.05) is 54.1 Å². The molecule has 0 aliphatic carbocycles. The summed E-state index contributed by atoms with van der Waals surface area (Å²) in [4.78, 5) is 15.4. The highest BCUT2D eigenvalue weighted by Crippen LogP contribution is 2.38. The van der Waals surface area contributed by atoms with E-state index in [1.54, 1.807) is 35.1 Å². The Kier molecular flexibility index (Phi) is 4.38. The Morgan fingerprint density at radius 1 is 0.933 bits per heavy atom. The van der Waals surface area contributed by atoms with Crippen LogP contribution in [-0.4, -0.2) is 19.9 Å². The number of aromatic nitrogens is 3. The summed E-state index contributed by atoms with van der Waals surface area (Å²) in [5.74, 6) is -0.0639. The van der Waals surface area contributed by atoms with E-state index in [1.807, 2.05) is 54.7 Å². The predicted molar refractivity (Wildman–Crippen MR) is 119 cm³/mol. The van der Waals surface area contributed by atoms with Crippen molar-refractivity contribution < 1.29 is 5.11 Å². The molecule has 2 aromatic heterocycles. The molecule has 0 radical (unpaired) electrons. The van der Waals surface area contributed by atoms with Gasteiger partial charge in [-0.25, -0.2) is 4.68 Å². The topological polar surface area (TPSA) is 70.9 Å². The Balaban J connectivity index is 1.67. The standard InChI is InChI=1S/C24H16ClN3O2/c25-20-14-21-19(23(29)22(24(30)27-21)16-5-2-1-3-6-16)13-18(20)15-7-9-17(10-8-15)28-12-4-11-26-28/h1-14H,(H2,27,29,30). The summed E-state index contributed by atoms with van der Waals surface area (Å²) < 4.78 is 1.77. The summed E-state index contributed by atoms with van der Waals surface area (Å²) in [5, 5.41) is 16.2. The van der Waals surface area contributed by atoms with E-state index < -0.39 is 0 Å². The fourth-order valence-corrected chi connectivity index (χ4v) is 3.88. The molecule has 0 spiro atoms. The number of H-pyrrole nitrogens is 1. The van der Waals surface area contributed by atoms with Crippen LogP contribution in [0.2, 0.25) is 5.02 Å². The van der Waals surface area contributed by atoms with E-state index in [2.05, 4.69) is 10.1 Å². The van der Waals surface area contributed by atoms with Crippen LogP contribution in [0.25, 0.3) is 38.8 Å². The van der Waals surface area contributed by atoms with E-state index in [1.165, 1.54) is 0 Å². The highest BCUT2D eigenvalue weighted by atomic mass is 35.5. The third kappa shape index (κ3) is 3.06. The van der Waals surface area contributed by atoms with Crippen LogP contribution in [-0.2, 0) is 0 Å². The van der Waals surface area contributed by atoms with Crippen molar-refractivity contribution in [3.8, 4) is 33.7 Å². The molecule has 0 amide bonds. The fourth-order valence-electron chi connectivity index (χ4n) is 3.61. The van der Waals surface area contributed by atoms with Crippen LogP contribution >= 0.6 is 11.6 Å². The molecule has 2 N–H and O–H groups in total. The Labute approximate surface area is 176 Å². The molecule has 0 aliphatic rings. The number of aromatic hydroxyl groups is 1. The maximum Gasteiger partial charge on any atom is 0.260 e. The SMILES string of the molecule is O=c1[nH]c2cc(Cl)c(-c3ccc(-n4cccn4)cc3)cc2c(O)c1-c1ccccc1. The number of nitrogens with zero attached hydrogens (tertiary/aromatic N) is 2. The monoisotopic (exact) mass is 413 g/mol. The Morgan fingerprint density at radius 2 is 1.70 bits per heavy atom. The third-order valence-electron chi connectivity index (χ3n) is 5.08. The molecule has 5 rings (SSSR count). The lowest BCUT2D eigenvalue weighted by atomic mass is 9.99. The van der Waals surface area contributed by atoms with Gasteiger partial charge in [-0.05, 0) is 41.5 Å². The lowest BCUT2D eigenvalue weighted by molar-refractivity contribution is 0.482. The van der Waals surface area contributed by atoms with E-state index in [9.17, 15) is 9.90 Å². The number of benzene rings is 3. The van der Waals surface area contributed by atoms with Crippen LogP contribution < -0.4 is 5.56 Å². The summed E-state index contributed by atoms with van der Waals surface area (Å²) >= 11 is 6.52. The first kappa shape index (κ1) is 18.2. The fraction of sp³-hybridized carbons (Fsp3) is 0. The lowest BCUT2D eigenvalue weighted by Gasteiger charge is -2.12. The molecule has 0 bridgehead atoms. The van der Waals surface area contributed by atoms with Gasteiger partial charge in [0.05, 0.1) is 21.8 Å². The molecule has 3 aromatic carbocycles. The van der Waals surface area contributed by atoms with Gasteiger partial charge in [-0.3, -0.25) is 4.79 Å². The maximum absolute atomic E-state index is 12.6. The van der Waals surface area contributed by atoms with Gasteiger partial charge in [0, 0.05) is 23.3 Å². The molecule has 5 nitrogen and oxygen atoms in total. The first-order valence-corrected chi connectivity index (χ1v) is 9.74. The van der Waals surface area contributed by atoms with Crippen LogP contribution in [0.15, 0.2) is 90.0 Å². The average molecular weight is 414 g/mol. The van der Waals surface area contributed by atoms with Crippen molar-refractivity contribution in [2.24, 2.45) is 0 Å². The second kappa shape index (κ2) is 7.21. The van der Waals surface area contributed by atoms with E-state index in [4.69, 9.17) is 11.6 Å². The highest BCUT2D eigenvalue weighted by Gasteiger charge is 2.16. The summed E-state index contributed by atoms with van der Waals surface area (Å²) in [5.41, 5.74) is 3.60. The minimum atomic E-state index is -0.362. The lowest BCUT2D eigenvalue weighted by Crippen LogP contribution is -2.09. The van der Waals surface area contributed by atoms with Crippen LogP contribution in [0.4, 0.5) is 0 Å². The second-order valence-corrected chi connectivity index (χ2v) is 7.33. The highest BCUT2D eigenvalue weighted by molar-refractivity contribution is 6.34. The Hall–Kier alpha value is -3.83. The van der Waals surface area contributed by atoms with Crippen molar-refractivity contribution in [3.63, 3.8) is 0 Å². The van der Waals surface area contributed by atoms with Crippen molar-refractivity contribution in [2.45, 2.75) is 0 Å². The molecule has 0 fully saturated rings. The van der Waals surface area contributed by atoms with E-state index in [-0.39, 0.29) is 16.9 Å². The second-order valence-electron chi connectivity index (χ2n) is 6.92. The van der Waals surface area contributed by atoms with Crippen LogP contribution in [0.3, 0.4) is 0 Å². The van der Waals surface area contributed by atoms with E-state index >= 15 is 0 Å². The van der Waals surface area contributed by atoms with Gasteiger partial charge in [-0.15, -0.1) is 0 Å². The molecule has 0 atom stereocenters. The summed E-state index contributed by atoms with van der Waals surface area (Å²) in [7, 11) is 0. The van der Waals surface area contributed by atoms with Gasteiger partial charge < -0.3 is 10.1 Å². The van der Waals surface area contributed by atoms with Gasteiger partial charge >= 0.3 is 0 Å². The van der Waals surface area contributed by atoms with Gasteiger partial charge in [0.1, 0.15) is 5.75 Å². The number of halogens is 1. The smallest absolute Gasteiger partial charge is 0.260 e. The minimum absolute atomic E-state index is 0.0639. The summed E-state index contributed by atoms with van der Waals surface area (Å²) in [6.07, 6.45) is 3.60. The van der Waals surface area contributed by atoms with Crippen molar-refractivity contribution in [2.75, 3.05) is 0 Å². The van der Waals surface area contributed by atoms with Crippen molar-refractivity contribution >= 4 is 22.5 Å². The first-order chi connectivity index (χ1) is 14.6. The number of fused-ring (bicyclic) bond motifs is 1. The largest absolute Gasteiger partial charge is 0.506 e. The molecule has 2 heterocycles. The van der Waals surface area contributed by atoms with Gasteiger partial charge in [0.25, 0.3) is 5.56 Å². The molecule has 0 saturated carbocycles. The van der Waals surface area contributed by atoms with Gasteiger partial charge in [0.2, 0.25) is 0 Å². The quantitative estimate of drug-likeness (QED) is 0.415. The van der Waals surface area contributed by atoms with Gasteiger partial charge in [0.15, 0.2) is 0 Å². The molecule has 0 unspecified atom stereocenters. The summed E-state index contributed by atoms with van der Waals surface area (Å²) in [6, 6.07) is 22.2. The van der Waals surface area contributed by atoms with Crippen LogP contribution in [0, 0.1) is 0 Å². The number of nitrogens with one attached hydrogen (secondary N) is 1. The third-order valence-corrected chi connectivity index (χ3v) is 5.40. The maximum atomic E-state index is 12.6. The first-order valence-electron chi connectivity index (χ1n) is 9.36. The van der Waals surface area contributed by atoms with Crippen molar-refractivity contribution in [3.05, 3.63) is 101 Å². The zero-order valence-corrected chi connectivity index (χ0v) is 16.5. The minimum Gasteiger partial charge on any atom is -0.506 e. The molecular weight excluding hydrogens is 398 g/mol. The molecule has 0 aliphatic heterocycles. The van der Waals surface area contributed by atoms with Crippen molar-refractivity contribution in [1.82, 2.24) is 14.8 Å². The van der Waals surface area contributed by atoms with E-state index in [0.717, 1.165) is 16.8 Å². The molecule has 0 saturated heterocycles. The van der Waals surface area contributed by atoms with Crippen molar-refractivity contribution in [1.29, 1.82) is 0 Å². The Morgan fingerprint density at radius 3 is 2.40 bits per heavy atom. The number of rotatable bonds is 3. The Bertz CT molecular complexity index is 1410. The number of hydrogen-bond acceptors (Lipinski definition) is 3. The zero-order valence-electron chi connectivity index (χ0n) is 15.7. The molecule has 6 heteroatoms. The van der Waals surface area contributed by atoms with Crippen LogP contribution in [0.1, 0.15) is 0 Å². The van der Waals surface area contributed by atoms with Crippen LogP contribution in [0.5, 0.6) is 5.75 Å². The number of hydrogen-bond donors (Lipinski definition) is 2. The zero-order chi connectivity index (χ0) is 20.7. The molecule has 5 aromatic rings. The van der Waals surface area contributed by atoms with E-state index in [0.29, 0.717) is 21.5 Å².